The van der Waals surface area contributed by atoms with Gasteiger partial charge in [-0.15, -0.1) is 11.6 Å². The SMILES string of the molecule is O=C(NCCCOCCCl)c1c(F)cccc1F. The van der Waals surface area contributed by atoms with Crippen molar-refractivity contribution >= 4 is 17.5 Å². The molecule has 0 aliphatic carbocycles. The highest BCUT2D eigenvalue weighted by molar-refractivity contribution is 6.17. The van der Waals surface area contributed by atoms with Crippen molar-refractivity contribution in [2.75, 3.05) is 25.6 Å². The fourth-order valence-corrected chi connectivity index (χ4v) is 1.45. The Hall–Kier alpha value is -1.20. The number of carbonyl (C=O) groups excluding carboxylic acids is 1. The Kier molecular flexibility index (Phi) is 6.60. The molecule has 1 rings (SSSR count). The summed E-state index contributed by atoms with van der Waals surface area (Å²) in [7, 11) is 0. The summed E-state index contributed by atoms with van der Waals surface area (Å²) in [6, 6.07) is 3.30. The maximum Gasteiger partial charge on any atom is 0.257 e. The monoisotopic (exact) mass is 277 g/mol. The van der Waals surface area contributed by atoms with Crippen LogP contribution in [0.3, 0.4) is 0 Å². The third-order valence-corrected chi connectivity index (χ3v) is 2.32. The van der Waals surface area contributed by atoms with E-state index in [0.717, 1.165) is 12.1 Å². The molecular formula is C12H14ClF2NO2. The second kappa shape index (κ2) is 8.00. The summed E-state index contributed by atoms with van der Waals surface area (Å²) in [5.74, 6) is -2.09. The molecule has 0 bridgehead atoms. The maximum atomic E-state index is 13.2. The highest BCUT2D eigenvalue weighted by Crippen LogP contribution is 2.11. The molecule has 6 heteroatoms. The Balaban J connectivity index is 2.37. The number of hydrogen-bond donors (Lipinski definition) is 1. The molecule has 3 nitrogen and oxygen atoms in total. The van der Waals surface area contributed by atoms with E-state index in [2.05, 4.69) is 5.32 Å². The van der Waals surface area contributed by atoms with Crippen molar-refractivity contribution in [1.82, 2.24) is 5.32 Å². The van der Waals surface area contributed by atoms with Crippen molar-refractivity contribution in [3.8, 4) is 0 Å². The number of halogens is 3. The van der Waals surface area contributed by atoms with E-state index >= 15 is 0 Å². The van der Waals surface area contributed by atoms with Crippen molar-refractivity contribution < 1.29 is 18.3 Å². The molecule has 0 saturated carbocycles. The Morgan fingerprint density at radius 1 is 1.28 bits per heavy atom. The van der Waals surface area contributed by atoms with Crippen LogP contribution in [0.2, 0.25) is 0 Å². The fourth-order valence-electron chi connectivity index (χ4n) is 1.34. The molecule has 18 heavy (non-hydrogen) atoms. The predicted octanol–water partition coefficient (Wildman–Crippen LogP) is 2.34. The van der Waals surface area contributed by atoms with Crippen LogP contribution in [-0.2, 0) is 4.74 Å². The lowest BCUT2D eigenvalue weighted by atomic mass is 10.2. The summed E-state index contributed by atoms with van der Waals surface area (Å²) in [5, 5.41) is 2.43. The van der Waals surface area contributed by atoms with E-state index in [1.165, 1.54) is 6.07 Å². The number of amides is 1. The molecule has 0 spiro atoms. The minimum Gasteiger partial charge on any atom is -0.380 e. The molecule has 0 fully saturated rings. The number of ether oxygens (including phenoxy) is 1. The van der Waals surface area contributed by atoms with Gasteiger partial charge in [-0.3, -0.25) is 4.79 Å². The van der Waals surface area contributed by atoms with Crippen LogP contribution in [0.15, 0.2) is 18.2 Å². The second-order valence-corrected chi connectivity index (χ2v) is 3.89. The lowest BCUT2D eigenvalue weighted by molar-refractivity contribution is 0.0936. The van der Waals surface area contributed by atoms with Crippen molar-refractivity contribution in [3.05, 3.63) is 35.4 Å². The van der Waals surface area contributed by atoms with Crippen LogP contribution in [0.4, 0.5) is 8.78 Å². The van der Waals surface area contributed by atoms with Crippen molar-refractivity contribution in [2.24, 2.45) is 0 Å². The molecule has 1 aromatic rings. The average Bonchev–Trinajstić information content (AvgIpc) is 2.33. The van der Waals surface area contributed by atoms with Gasteiger partial charge in [-0.2, -0.15) is 0 Å². The highest BCUT2D eigenvalue weighted by Gasteiger charge is 2.15. The van der Waals surface area contributed by atoms with Crippen LogP contribution in [0.25, 0.3) is 0 Å². The first-order chi connectivity index (χ1) is 8.66. The lowest BCUT2D eigenvalue weighted by Gasteiger charge is -2.07. The zero-order valence-corrected chi connectivity index (χ0v) is 10.5. The van der Waals surface area contributed by atoms with Crippen LogP contribution in [0.1, 0.15) is 16.8 Å². The molecule has 0 atom stereocenters. The molecule has 100 valence electrons. The van der Waals surface area contributed by atoms with Crippen LogP contribution in [0, 0.1) is 11.6 Å². The Morgan fingerprint density at radius 3 is 2.56 bits per heavy atom. The summed E-state index contributed by atoms with van der Waals surface area (Å²) in [6.45, 7) is 1.17. The molecule has 1 amide bonds. The zero-order chi connectivity index (χ0) is 13.4. The first kappa shape index (κ1) is 14.9. The van der Waals surface area contributed by atoms with E-state index in [0.29, 0.717) is 25.5 Å². The molecule has 0 radical (unpaired) electrons. The standard InChI is InChI=1S/C12H14ClF2NO2/c13-5-8-18-7-2-6-16-12(17)11-9(14)3-1-4-10(11)15/h1,3-4H,2,5-8H2,(H,16,17). The van der Waals surface area contributed by atoms with E-state index in [1.54, 1.807) is 0 Å². The summed E-state index contributed by atoms with van der Waals surface area (Å²) in [4.78, 5) is 11.5. The maximum absolute atomic E-state index is 13.2. The van der Waals surface area contributed by atoms with Crippen molar-refractivity contribution in [3.63, 3.8) is 0 Å². The zero-order valence-electron chi connectivity index (χ0n) is 9.72. The number of nitrogens with one attached hydrogen (secondary N) is 1. The largest absolute Gasteiger partial charge is 0.380 e. The first-order valence-electron chi connectivity index (χ1n) is 5.52. The summed E-state index contributed by atoms with van der Waals surface area (Å²) in [6.07, 6.45) is 0.554. The van der Waals surface area contributed by atoms with Crippen molar-refractivity contribution in [2.45, 2.75) is 6.42 Å². The summed E-state index contributed by atoms with van der Waals surface area (Å²) >= 11 is 5.40. The summed E-state index contributed by atoms with van der Waals surface area (Å²) < 4.78 is 31.6. The predicted molar refractivity (Wildman–Crippen MR) is 64.8 cm³/mol. The Labute approximate surface area is 109 Å². The van der Waals surface area contributed by atoms with Gasteiger partial charge in [-0.25, -0.2) is 8.78 Å². The molecule has 1 aromatic carbocycles. The van der Waals surface area contributed by atoms with Gasteiger partial charge in [0.25, 0.3) is 5.91 Å². The molecule has 0 aliphatic heterocycles. The number of hydrogen-bond acceptors (Lipinski definition) is 2. The topological polar surface area (TPSA) is 38.3 Å². The van der Waals surface area contributed by atoms with Crippen LogP contribution < -0.4 is 5.32 Å². The van der Waals surface area contributed by atoms with Crippen molar-refractivity contribution in [1.29, 1.82) is 0 Å². The van der Waals surface area contributed by atoms with Gasteiger partial charge < -0.3 is 10.1 Å². The van der Waals surface area contributed by atoms with E-state index in [-0.39, 0.29) is 6.54 Å². The van der Waals surface area contributed by atoms with Gasteiger partial charge in [0.1, 0.15) is 17.2 Å². The Morgan fingerprint density at radius 2 is 1.94 bits per heavy atom. The minimum absolute atomic E-state index is 0.287. The van der Waals surface area contributed by atoms with Gasteiger partial charge >= 0.3 is 0 Å². The van der Waals surface area contributed by atoms with E-state index in [1.807, 2.05) is 0 Å². The molecule has 0 unspecified atom stereocenters. The minimum atomic E-state index is -0.870. The smallest absolute Gasteiger partial charge is 0.257 e. The third kappa shape index (κ3) is 4.58. The van der Waals surface area contributed by atoms with E-state index in [4.69, 9.17) is 16.3 Å². The highest BCUT2D eigenvalue weighted by atomic mass is 35.5. The van der Waals surface area contributed by atoms with Crippen LogP contribution in [-0.4, -0.2) is 31.5 Å². The summed E-state index contributed by atoms with van der Waals surface area (Å²) in [5.41, 5.74) is -0.556. The third-order valence-electron chi connectivity index (χ3n) is 2.16. The van der Waals surface area contributed by atoms with Crippen LogP contribution >= 0.6 is 11.6 Å². The number of rotatable bonds is 7. The number of alkyl halides is 1. The lowest BCUT2D eigenvalue weighted by Crippen LogP contribution is -2.27. The van der Waals surface area contributed by atoms with Gasteiger partial charge in [0, 0.05) is 19.0 Å². The number of benzene rings is 1. The van der Waals surface area contributed by atoms with E-state index < -0.39 is 23.1 Å². The van der Waals surface area contributed by atoms with E-state index in [9.17, 15) is 13.6 Å². The Bertz CT molecular complexity index is 381. The van der Waals surface area contributed by atoms with Gasteiger partial charge in [0.05, 0.1) is 6.61 Å². The molecule has 0 heterocycles. The second-order valence-electron chi connectivity index (χ2n) is 3.51. The quantitative estimate of drug-likeness (QED) is 0.614. The molecule has 0 aromatic heterocycles. The van der Waals surface area contributed by atoms with Gasteiger partial charge in [0.15, 0.2) is 0 Å². The van der Waals surface area contributed by atoms with Gasteiger partial charge in [-0.05, 0) is 18.6 Å². The van der Waals surface area contributed by atoms with Gasteiger partial charge in [-0.1, -0.05) is 6.07 Å². The van der Waals surface area contributed by atoms with Crippen LogP contribution in [0.5, 0.6) is 0 Å². The molecule has 0 aliphatic rings. The first-order valence-corrected chi connectivity index (χ1v) is 6.06. The number of carbonyl (C=O) groups is 1. The molecular weight excluding hydrogens is 264 g/mol. The normalized spacial score (nSPS) is 10.4. The van der Waals surface area contributed by atoms with Gasteiger partial charge in [0.2, 0.25) is 0 Å². The molecule has 1 N–H and O–H groups in total. The fraction of sp³-hybridized carbons (Fsp3) is 0.417. The molecule has 0 saturated heterocycles. The average molecular weight is 278 g/mol.